The molecule has 34 heavy (non-hydrogen) atoms. The highest BCUT2D eigenvalue weighted by Crippen LogP contribution is 2.37. The molecule has 1 amide bonds. The largest absolute Gasteiger partial charge is 0.482 e. The first-order valence-corrected chi connectivity index (χ1v) is 11.3. The highest BCUT2D eigenvalue weighted by Gasteiger charge is 2.30. The van der Waals surface area contributed by atoms with Crippen LogP contribution in [0.4, 0.5) is 10.2 Å². The molecule has 2 aromatic heterocycles. The van der Waals surface area contributed by atoms with Gasteiger partial charge in [0.25, 0.3) is 0 Å². The molecule has 8 nitrogen and oxygen atoms in total. The molecule has 3 aromatic rings. The summed E-state index contributed by atoms with van der Waals surface area (Å²) in [6.45, 7) is 5.52. The van der Waals surface area contributed by atoms with Gasteiger partial charge in [0.05, 0.1) is 11.2 Å². The number of halogens is 3. The molecular formula is C23H26Cl2FN5O3. The Labute approximate surface area is 206 Å². The van der Waals surface area contributed by atoms with Crippen molar-refractivity contribution in [3.05, 3.63) is 58.2 Å². The molecule has 0 saturated heterocycles. The zero-order valence-corrected chi connectivity index (χ0v) is 20.5. The molecule has 182 valence electrons. The summed E-state index contributed by atoms with van der Waals surface area (Å²) in [5.74, 6) is -0.440. The number of hydrogen-bond acceptors (Lipinski definition) is 6. The Kier molecular flexibility index (Phi) is 8.01. The topological polar surface area (TPSA) is 115 Å². The van der Waals surface area contributed by atoms with Crippen LogP contribution in [0, 0.1) is 5.82 Å². The normalized spacial score (nSPS) is 12.4. The number of aliphatic hydroxyl groups excluding tert-OH is 1. The van der Waals surface area contributed by atoms with E-state index in [4.69, 9.17) is 38.8 Å². The molecule has 0 aliphatic heterocycles. The number of rotatable bonds is 9. The number of carbonyl (C=O) groups excluding carboxylic acids is 1. The summed E-state index contributed by atoms with van der Waals surface area (Å²) in [6.07, 6.45) is 4.64. The van der Waals surface area contributed by atoms with Crippen molar-refractivity contribution in [2.24, 2.45) is 0 Å². The van der Waals surface area contributed by atoms with Crippen molar-refractivity contribution in [1.29, 1.82) is 0 Å². The molecule has 0 aliphatic rings. The summed E-state index contributed by atoms with van der Waals surface area (Å²) < 4.78 is 21.4. The minimum atomic E-state index is -0.965. The molecule has 0 spiro atoms. The number of nitrogens with two attached hydrogens (primary N) is 1. The third kappa shape index (κ3) is 5.43. The number of anilines is 1. The van der Waals surface area contributed by atoms with Crippen LogP contribution in [0.3, 0.4) is 0 Å². The molecule has 0 saturated carbocycles. The first kappa shape index (κ1) is 25.7. The second-order valence-corrected chi connectivity index (χ2v) is 8.98. The molecule has 1 atom stereocenters. The van der Waals surface area contributed by atoms with Gasteiger partial charge >= 0.3 is 0 Å². The van der Waals surface area contributed by atoms with Crippen LogP contribution in [-0.2, 0) is 10.3 Å². The van der Waals surface area contributed by atoms with Crippen molar-refractivity contribution in [3.63, 3.8) is 0 Å². The number of aromatic nitrogens is 3. The second-order valence-electron chi connectivity index (χ2n) is 8.19. The smallest absolute Gasteiger partial charge is 0.247 e. The number of hydrogen-bond donors (Lipinski definition) is 3. The highest BCUT2D eigenvalue weighted by molar-refractivity contribution is 6.36. The van der Waals surface area contributed by atoms with Crippen molar-refractivity contribution >= 4 is 34.9 Å². The fourth-order valence-corrected chi connectivity index (χ4v) is 3.93. The zero-order chi connectivity index (χ0) is 25.0. The average molecular weight is 510 g/mol. The van der Waals surface area contributed by atoms with Crippen LogP contribution in [-0.4, -0.2) is 38.9 Å². The Morgan fingerprint density at radius 1 is 1.32 bits per heavy atom. The molecule has 1 aromatic carbocycles. The summed E-state index contributed by atoms with van der Waals surface area (Å²) in [5.41, 5.74) is 6.67. The van der Waals surface area contributed by atoms with Crippen molar-refractivity contribution < 1.29 is 19.0 Å². The summed E-state index contributed by atoms with van der Waals surface area (Å²) in [5, 5.41) is 16.2. The van der Waals surface area contributed by atoms with E-state index >= 15 is 0 Å². The monoisotopic (exact) mass is 509 g/mol. The molecule has 4 N–H and O–H groups in total. The number of nitrogen functional groups attached to an aromatic ring is 1. The SMILES string of the molecule is CC(Oc1cc(-c2cnn(C(C)(C)C(=O)NCCCO)c2)cnc1N)c1c(Cl)ccc(F)c1Cl. The standard InChI is InChI=1S/C23H26Cl2FN5O3/c1-13(19-16(24)5-6-17(26)20(19)25)34-18-9-14(10-29-21(18)27)15-11-30-31(12-15)23(2,3)22(33)28-7-4-8-32/h5-6,9-13,32H,4,7-8H2,1-3H3,(H2,27,29)(H,28,33). The van der Waals surface area contributed by atoms with Gasteiger partial charge in [-0.05, 0) is 45.4 Å². The van der Waals surface area contributed by atoms with Crippen molar-refractivity contribution in [2.75, 3.05) is 18.9 Å². The van der Waals surface area contributed by atoms with E-state index in [2.05, 4.69) is 15.4 Å². The third-order valence-electron chi connectivity index (χ3n) is 5.34. The van der Waals surface area contributed by atoms with E-state index in [-0.39, 0.29) is 34.1 Å². The van der Waals surface area contributed by atoms with E-state index in [1.807, 2.05) is 0 Å². The van der Waals surface area contributed by atoms with Crippen molar-refractivity contribution in [2.45, 2.75) is 38.8 Å². The lowest BCUT2D eigenvalue weighted by Gasteiger charge is -2.24. The van der Waals surface area contributed by atoms with Gasteiger partial charge in [0.1, 0.15) is 17.5 Å². The molecule has 0 aliphatic carbocycles. The van der Waals surface area contributed by atoms with Gasteiger partial charge in [0.2, 0.25) is 5.91 Å². The number of ether oxygens (including phenoxy) is 1. The van der Waals surface area contributed by atoms with Crippen LogP contribution in [0.1, 0.15) is 38.9 Å². The number of pyridine rings is 1. The number of aliphatic hydroxyl groups is 1. The fourth-order valence-electron chi connectivity index (χ4n) is 3.25. The summed E-state index contributed by atoms with van der Waals surface area (Å²) in [6, 6.07) is 4.27. The average Bonchev–Trinajstić information content (AvgIpc) is 3.29. The minimum Gasteiger partial charge on any atom is -0.482 e. The third-order valence-corrected chi connectivity index (χ3v) is 6.05. The Morgan fingerprint density at radius 3 is 2.76 bits per heavy atom. The zero-order valence-electron chi connectivity index (χ0n) is 19.0. The number of nitrogens with one attached hydrogen (secondary N) is 1. The van der Waals surface area contributed by atoms with Crippen LogP contribution < -0.4 is 15.8 Å². The maximum absolute atomic E-state index is 13.9. The van der Waals surface area contributed by atoms with Gasteiger partial charge in [-0.25, -0.2) is 9.37 Å². The summed E-state index contributed by atoms with van der Waals surface area (Å²) in [7, 11) is 0. The van der Waals surface area contributed by atoms with Crippen LogP contribution in [0.5, 0.6) is 5.75 Å². The first-order chi connectivity index (χ1) is 16.1. The molecule has 2 heterocycles. The lowest BCUT2D eigenvalue weighted by atomic mass is 10.0. The molecule has 11 heteroatoms. The Bertz CT molecular complexity index is 1190. The molecule has 0 bridgehead atoms. The number of carbonyl (C=O) groups is 1. The molecule has 0 radical (unpaired) electrons. The van der Waals surface area contributed by atoms with Crippen LogP contribution in [0.25, 0.3) is 11.1 Å². The molecule has 3 rings (SSSR count). The van der Waals surface area contributed by atoms with Gasteiger partial charge < -0.3 is 20.9 Å². The second kappa shape index (κ2) is 10.6. The van der Waals surface area contributed by atoms with E-state index in [1.165, 1.54) is 12.1 Å². The summed E-state index contributed by atoms with van der Waals surface area (Å²) >= 11 is 12.3. The highest BCUT2D eigenvalue weighted by atomic mass is 35.5. The van der Waals surface area contributed by atoms with E-state index in [9.17, 15) is 9.18 Å². The van der Waals surface area contributed by atoms with Gasteiger partial charge in [-0.3, -0.25) is 9.48 Å². The number of benzene rings is 1. The Hall–Kier alpha value is -2.88. The minimum absolute atomic E-state index is 0.00257. The Balaban J connectivity index is 1.84. The maximum Gasteiger partial charge on any atom is 0.247 e. The lowest BCUT2D eigenvalue weighted by molar-refractivity contribution is -0.128. The van der Waals surface area contributed by atoms with Crippen molar-refractivity contribution in [1.82, 2.24) is 20.1 Å². The van der Waals surface area contributed by atoms with Crippen LogP contribution in [0.2, 0.25) is 10.0 Å². The fraction of sp³-hybridized carbons (Fsp3) is 0.348. The van der Waals surface area contributed by atoms with Gasteiger partial charge in [-0.1, -0.05) is 23.2 Å². The van der Waals surface area contributed by atoms with E-state index in [0.717, 1.165) is 0 Å². The molecule has 0 fully saturated rings. The first-order valence-electron chi connectivity index (χ1n) is 10.6. The van der Waals surface area contributed by atoms with E-state index < -0.39 is 17.5 Å². The van der Waals surface area contributed by atoms with Gasteiger partial charge in [0, 0.05) is 47.3 Å². The van der Waals surface area contributed by atoms with Crippen LogP contribution >= 0.6 is 23.2 Å². The quantitative estimate of drug-likeness (QED) is 0.291. The predicted molar refractivity (Wildman–Crippen MR) is 129 cm³/mol. The van der Waals surface area contributed by atoms with E-state index in [1.54, 1.807) is 50.1 Å². The predicted octanol–water partition coefficient (Wildman–Crippen LogP) is 4.35. The molecular weight excluding hydrogens is 484 g/mol. The Morgan fingerprint density at radius 2 is 2.06 bits per heavy atom. The van der Waals surface area contributed by atoms with Gasteiger partial charge in [0.15, 0.2) is 11.6 Å². The maximum atomic E-state index is 13.9. The summed E-state index contributed by atoms with van der Waals surface area (Å²) in [4.78, 5) is 16.8. The van der Waals surface area contributed by atoms with E-state index in [0.29, 0.717) is 29.7 Å². The van der Waals surface area contributed by atoms with Gasteiger partial charge in [-0.15, -0.1) is 0 Å². The number of amides is 1. The van der Waals surface area contributed by atoms with Crippen LogP contribution in [0.15, 0.2) is 36.8 Å². The van der Waals surface area contributed by atoms with Gasteiger partial charge in [-0.2, -0.15) is 5.10 Å². The molecule has 1 unspecified atom stereocenters. The lowest BCUT2D eigenvalue weighted by Crippen LogP contribution is -2.45. The van der Waals surface area contributed by atoms with Crippen molar-refractivity contribution in [3.8, 4) is 16.9 Å². The number of nitrogens with zero attached hydrogens (tertiary/aromatic N) is 3.